The Morgan fingerprint density at radius 3 is 2.39 bits per heavy atom. The second kappa shape index (κ2) is 7.68. The van der Waals surface area contributed by atoms with Crippen LogP contribution in [0.5, 0.6) is 0 Å². The number of nitrogens with one attached hydrogen (secondary N) is 2. The highest BCUT2D eigenvalue weighted by atomic mass is 16.1. The van der Waals surface area contributed by atoms with Crippen LogP contribution < -0.4 is 10.9 Å². The summed E-state index contributed by atoms with van der Waals surface area (Å²) in [6.45, 7) is 4.62. The molecule has 142 valence electrons. The summed E-state index contributed by atoms with van der Waals surface area (Å²) in [5.74, 6) is 0.906. The van der Waals surface area contributed by atoms with Crippen LogP contribution in [-0.2, 0) is 19.4 Å². The second-order valence-electron chi connectivity index (χ2n) is 6.87. The predicted molar refractivity (Wildman–Crippen MR) is 111 cm³/mol. The zero-order chi connectivity index (χ0) is 19.5. The van der Waals surface area contributed by atoms with Crippen LogP contribution in [0.15, 0.2) is 59.4 Å². The van der Waals surface area contributed by atoms with E-state index in [1.165, 1.54) is 10.1 Å². The van der Waals surface area contributed by atoms with E-state index >= 15 is 0 Å². The van der Waals surface area contributed by atoms with E-state index in [0.29, 0.717) is 35.9 Å². The largest absolute Gasteiger partial charge is 0.351 e. The minimum atomic E-state index is -0.112. The van der Waals surface area contributed by atoms with Crippen molar-refractivity contribution < 1.29 is 0 Å². The molecule has 0 spiro atoms. The van der Waals surface area contributed by atoms with Crippen LogP contribution in [0.2, 0.25) is 0 Å². The highest BCUT2D eigenvalue weighted by molar-refractivity contribution is 5.40. The van der Waals surface area contributed by atoms with Gasteiger partial charge in [-0.25, -0.2) is 4.98 Å². The molecule has 0 saturated heterocycles. The van der Waals surface area contributed by atoms with Crippen LogP contribution in [0.1, 0.15) is 34.9 Å². The highest BCUT2D eigenvalue weighted by Crippen LogP contribution is 2.11. The molecule has 0 radical (unpaired) electrons. The first-order chi connectivity index (χ1) is 13.6. The van der Waals surface area contributed by atoms with Gasteiger partial charge in [-0.2, -0.15) is 9.50 Å². The molecule has 28 heavy (non-hydrogen) atoms. The number of hydrogen-bond donors (Lipinski definition) is 2. The molecule has 0 bridgehead atoms. The molecule has 0 saturated carbocycles. The maximum atomic E-state index is 12.9. The molecule has 0 aliphatic rings. The number of H-pyrrole nitrogens is 1. The molecule has 6 nitrogen and oxygen atoms in total. The van der Waals surface area contributed by atoms with Crippen molar-refractivity contribution in [2.75, 3.05) is 5.32 Å². The Morgan fingerprint density at radius 2 is 1.68 bits per heavy atom. The standard InChI is InChI=1S/C22H23N5O/c1-3-16-9-11-18(12-10-16)14-23-21-25-22-24-15(2)19(20(28)27(22)26-21)13-17-7-5-4-6-8-17/h4-12H,3,13-14H2,1-2H3,(H2,23,24,25,26). The summed E-state index contributed by atoms with van der Waals surface area (Å²) < 4.78 is 1.41. The minimum absolute atomic E-state index is 0.112. The van der Waals surface area contributed by atoms with Gasteiger partial charge in [0.15, 0.2) is 0 Å². The molecular weight excluding hydrogens is 350 g/mol. The first-order valence-corrected chi connectivity index (χ1v) is 9.48. The predicted octanol–water partition coefficient (Wildman–Crippen LogP) is 3.49. The number of nitrogens with zero attached hydrogens (tertiary/aromatic N) is 3. The monoisotopic (exact) mass is 373 g/mol. The fourth-order valence-corrected chi connectivity index (χ4v) is 3.22. The van der Waals surface area contributed by atoms with Gasteiger partial charge in [-0.05, 0) is 30.0 Å². The van der Waals surface area contributed by atoms with E-state index in [-0.39, 0.29) is 5.56 Å². The average Bonchev–Trinajstić information content (AvgIpc) is 3.14. The summed E-state index contributed by atoms with van der Waals surface area (Å²) in [4.78, 5) is 21.9. The van der Waals surface area contributed by atoms with Gasteiger partial charge >= 0.3 is 0 Å². The smallest absolute Gasteiger partial charge is 0.277 e. The summed E-state index contributed by atoms with van der Waals surface area (Å²) >= 11 is 0. The summed E-state index contributed by atoms with van der Waals surface area (Å²) in [6, 6.07) is 18.4. The van der Waals surface area contributed by atoms with Gasteiger partial charge in [-0.3, -0.25) is 9.89 Å². The number of rotatable bonds is 6. The molecule has 2 aromatic heterocycles. The molecule has 0 fully saturated rings. The van der Waals surface area contributed by atoms with E-state index < -0.39 is 0 Å². The molecule has 0 aliphatic heterocycles. The van der Waals surface area contributed by atoms with Gasteiger partial charge in [0.2, 0.25) is 5.95 Å². The van der Waals surface area contributed by atoms with Crippen LogP contribution in [-0.4, -0.2) is 19.6 Å². The lowest BCUT2D eigenvalue weighted by atomic mass is 10.1. The van der Waals surface area contributed by atoms with Gasteiger partial charge < -0.3 is 5.32 Å². The highest BCUT2D eigenvalue weighted by Gasteiger charge is 2.13. The molecule has 2 N–H and O–H groups in total. The summed E-state index contributed by atoms with van der Waals surface area (Å²) in [6.07, 6.45) is 1.57. The van der Waals surface area contributed by atoms with Crippen LogP contribution in [0, 0.1) is 6.92 Å². The van der Waals surface area contributed by atoms with Crippen LogP contribution in [0.3, 0.4) is 0 Å². The van der Waals surface area contributed by atoms with Gasteiger partial charge in [0.1, 0.15) is 0 Å². The van der Waals surface area contributed by atoms with Crippen molar-refractivity contribution in [3.63, 3.8) is 0 Å². The molecule has 0 aliphatic carbocycles. The molecule has 0 atom stereocenters. The number of hydrogen-bond acceptors (Lipinski definition) is 4. The Morgan fingerprint density at radius 1 is 0.964 bits per heavy atom. The van der Waals surface area contributed by atoms with Crippen molar-refractivity contribution in [1.29, 1.82) is 0 Å². The third-order valence-corrected chi connectivity index (χ3v) is 4.91. The SMILES string of the molecule is CCc1ccc(CNc2nc3nc(C)c(Cc4ccccc4)c(=O)n3[nH]2)cc1. The lowest BCUT2D eigenvalue weighted by molar-refractivity contribution is 0.857. The van der Waals surface area contributed by atoms with Gasteiger partial charge in [0, 0.05) is 18.5 Å². The summed E-state index contributed by atoms with van der Waals surface area (Å²) in [5.41, 5.74) is 4.82. The van der Waals surface area contributed by atoms with Crippen molar-refractivity contribution in [2.24, 2.45) is 0 Å². The molecular formula is C22H23N5O. The number of aromatic amines is 1. The van der Waals surface area contributed by atoms with Crippen molar-refractivity contribution in [3.8, 4) is 0 Å². The molecule has 0 unspecified atom stereocenters. The zero-order valence-electron chi connectivity index (χ0n) is 16.1. The summed E-state index contributed by atoms with van der Waals surface area (Å²) in [7, 11) is 0. The third kappa shape index (κ3) is 3.67. The number of benzene rings is 2. The van der Waals surface area contributed by atoms with Crippen molar-refractivity contribution in [3.05, 3.63) is 92.9 Å². The van der Waals surface area contributed by atoms with Crippen molar-refractivity contribution in [1.82, 2.24) is 19.6 Å². The topological polar surface area (TPSA) is 75.1 Å². The molecule has 4 aromatic rings. The number of aryl methyl sites for hydroxylation is 2. The number of anilines is 1. The molecule has 4 rings (SSSR count). The second-order valence-corrected chi connectivity index (χ2v) is 6.87. The van der Waals surface area contributed by atoms with E-state index in [1.54, 1.807) is 0 Å². The van der Waals surface area contributed by atoms with E-state index in [0.717, 1.165) is 17.5 Å². The Bertz CT molecular complexity index is 1140. The fraction of sp³-hybridized carbons (Fsp3) is 0.227. The van der Waals surface area contributed by atoms with Gasteiger partial charge in [-0.15, -0.1) is 0 Å². The first kappa shape index (κ1) is 18.0. The van der Waals surface area contributed by atoms with Gasteiger partial charge in [-0.1, -0.05) is 61.5 Å². The minimum Gasteiger partial charge on any atom is -0.351 e. The third-order valence-electron chi connectivity index (χ3n) is 4.91. The Kier molecular flexibility index (Phi) is 4.93. The molecule has 6 heteroatoms. The average molecular weight is 373 g/mol. The van der Waals surface area contributed by atoms with E-state index in [1.807, 2.05) is 37.3 Å². The lowest BCUT2D eigenvalue weighted by Crippen LogP contribution is -2.22. The van der Waals surface area contributed by atoms with Crippen molar-refractivity contribution in [2.45, 2.75) is 33.2 Å². The first-order valence-electron chi connectivity index (χ1n) is 9.48. The Hall–Kier alpha value is -3.41. The van der Waals surface area contributed by atoms with Gasteiger partial charge in [0.25, 0.3) is 11.3 Å². The van der Waals surface area contributed by atoms with Crippen LogP contribution in [0.25, 0.3) is 5.78 Å². The van der Waals surface area contributed by atoms with E-state index in [9.17, 15) is 4.79 Å². The lowest BCUT2D eigenvalue weighted by Gasteiger charge is -2.05. The maximum Gasteiger partial charge on any atom is 0.277 e. The fourth-order valence-electron chi connectivity index (χ4n) is 3.22. The number of fused-ring (bicyclic) bond motifs is 1. The van der Waals surface area contributed by atoms with Gasteiger partial charge in [0.05, 0.1) is 5.69 Å². The maximum absolute atomic E-state index is 12.9. The summed E-state index contributed by atoms with van der Waals surface area (Å²) in [5, 5.41) is 6.27. The van der Waals surface area contributed by atoms with E-state index in [4.69, 9.17) is 0 Å². The molecule has 2 heterocycles. The number of aromatic nitrogens is 4. The Labute approximate surface area is 163 Å². The molecule has 0 amide bonds. The quantitative estimate of drug-likeness (QED) is 0.542. The molecule has 2 aromatic carbocycles. The van der Waals surface area contributed by atoms with Crippen LogP contribution >= 0.6 is 0 Å². The van der Waals surface area contributed by atoms with Crippen LogP contribution in [0.4, 0.5) is 5.95 Å². The van der Waals surface area contributed by atoms with E-state index in [2.05, 4.69) is 51.6 Å². The normalized spacial score (nSPS) is 11.1. The van der Waals surface area contributed by atoms with Crippen molar-refractivity contribution >= 4 is 11.7 Å². The Balaban J connectivity index is 1.58. The zero-order valence-corrected chi connectivity index (χ0v) is 16.1.